The molecule has 3 rings (SSSR count). The Morgan fingerprint density at radius 1 is 1.18 bits per heavy atom. The van der Waals surface area contributed by atoms with Crippen LogP contribution in [0.4, 0.5) is 4.79 Å². The Bertz CT molecular complexity index is 914. The molecule has 1 aromatic rings. The Hall–Kier alpha value is -1.23. The Kier molecular flexibility index (Phi) is 9.39. The fraction of sp³-hybridized carbons (Fsp3) is 0.640. The summed E-state index contributed by atoms with van der Waals surface area (Å²) in [5.41, 5.74) is 5.74. The molecule has 1 aliphatic heterocycles. The number of nitrogens with zero attached hydrogens (tertiary/aromatic N) is 2. The van der Waals surface area contributed by atoms with E-state index in [0.29, 0.717) is 34.7 Å². The predicted octanol–water partition coefficient (Wildman–Crippen LogP) is 4.96. The van der Waals surface area contributed by atoms with Gasteiger partial charge in [-0.05, 0) is 85.4 Å². The molecule has 2 aliphatic rings. The maximum Gasteiger partial charge on any atom is 0.424 e. The van der Waals surface area contributed by atoms with Crippen molar-refractivity contribution in [3.63, 3.8) is 0 Å². The molecule has 2 N–H and O–H groups in total. The highest BCUT2D eigenvalue weighted by molar-refractivity contribution is 14.1. The van der Waals surface area contributed by atoms with Gasteiger partial charge in [-0.1, -0.05) is 43.7 Å². The van der Waals surface area contributed by atoms with Crippen LogP contribution in [0.15, 0.2) is 18.2 Å². The highest BCUT2D eigenvalue weighted by Gasteiger charge is 2.45. The second kappa shape index (κ2) is 11.7. The molecule has 0 spiro atoms. The summed E-state index contributed by atoms with van der Waals surface area (Å²) >= 11 is 8.52. The van der Waals surface area contributed by atoms with Crippen LogP contribution in [0.3, 0.4) is 0 Å². The Labute approximate surface area is 220 Å². The van der Waals surface area contributed by atoms with Gasteiger partial charge < -0.3 is 10.5 Å². The van der Waals surface area contributed by atoms with Gasteiger partial charge in [0.05, 0.1) is 12.6 Å². The van der Waals surface area contributed by atoms with Crippen molar-refractivity contribution >= 4 is 52.1 Å². The third kappa shape index (κ3) is 6.92. The van der Waals surface area contributed by atoms with Crippen molar-refractivity contribution in [2.75, 3.05) is 13.1 Å². The van der Waals surface area contributed by atoms with Crippen molar-refractivity contribution in [2.45, 2.75) is 77.5 Å². The van der Waals surface area contributed by atoms with Gasteiger partial charge in [-0.25, -0.2) is 4.79 Å². The van der Waals surface area contributed by atoms with Crippen molar-refractivity contribution in [1.29, 1.82) is 0 Å². The smallest absolute Gasteiger partial charge is 0.424 e. The molecule has 1 aliphatic carbocycles. The molecule has 34 heavy (non-hydrogen) atoms. The number of amides is 3. The Balaban J connectivity index is 1.90. The monoisotopic (exact) mass is 603 g/mol. The summed E-state index contributed by atoms with van der Waals surface area (Å²) in [6.07, 6.45) is 5.64. The minimum Gasteiger partial charge on any atom is -0.443 e. The summed E-state index contributed by atoms with van der Waals surface area (Å²) in [5.74, 6) is -0.426. The van der Waals surface area contributed by atoms with Crippen LogP contribution < -0.4 is 5.73 Å². The average molecular weight is 604 g/mol. The van der Waals surface area contributed by atoms with E-state index >= 15 is 0 Å². The molecule has 2 fully saturated rings. The van der Waals surface area contributed by atoms with Crippen LogP contribution in [0.25, 0.3) is 0 Å². The van der Waals surface area contributed by atoms with Gasteiger partial charge in [0, 0.05) is 21.7 Å². The number of nitrogens with two attached hydrogens (primary N) is 1. The number of hydrogen-bond acceptors (Lipinski definition) is 6. The van der Waals surface area contributed by atoms with E-state index in [9.17, 15) is 14.4 Å². The zero-order chi connectivity index (χ0) is 25.0. The molecule has 1 heterocycles. The average Bonchev–Trinajstić information content (AvgIpc) is 3.19. The van der Waals surface area contributed by atoms with E-state index in [1.165, 1.54) is 19.3 Å². The summed E-state index contributed by atoms with van der Waals surface area (Å²) in [6, 6.07) is 5.10. The topological polar surface area (TPSA) is 92.9 Å². The van der Waals surface area contributed by atoms with Crippen LogP contribution in [-0.4, -0.2) is 52.4 Å². The Morgan fingerprint density at radius 3 is 2.47 bits per heavy atom. The minimum atomic E-state index is -0.966. The first-order valence-corrected chi connectivity index (χ1v) is 13.4. The zero-order valence-corrected chi connectivity index (χ0v) is 23.1. The van der Waals surface area contributed by atoms with E-state index in [0.717, 1.165) is 28.5 Å². The molecule has 188 valence electrons. The SMILES string of the molecule is CC(C)(C)OC(=O)N(C(=O)CN)C(=O)[C@@H]1CC(C2CCCCC2)CN1Cc1cc(Cl)ccc1I. The lowest BCUT2D eigenvalue weighted by atomic mass is 9.79. The van der Waals surface area contributed by atoms with Crippen LogP contribution in [0.2, 0.25) is 5.02 Å². The largest absolute Gasteiger partial charge is 0.443 e. The first-order valence-electron chi connectivity index (χ1n) is 12.0. The summed E-state index contributed by atoms with van der Waals surface area (Å²) in [5, 5.41) is 0.634. The fourth-order valence-corrected chi connectivity index (χ4v) is 5.76. The van der Waals surface area contributed by atoms with E-state index in [4.69, 9.17) is 22.1 Å². The molecule has 0 aromatic heterocycles. The number of carbonyl (C=O) groups excluding carboxylic acids is 3. The quantitative estimate of drug-likeness (QED) is 0.478. The molecule has 9 heteroatoms. The normalized spacial score (nSPS) is 21.9. The number of likely N-dealkylation sites (tertiary alicyclic amines) is 1. The van der Waals surface area contributed by atoms with Gasteiger partial charge in [-0.15, -0.1) is 0 Å². The van der Waals surface area contributed by atoms with E-state index in [1.807, 2.05) is 18.2 Å². The molecule has 2 atom stereocenters. The second-order valence-electron chi connectivity index (χ2n) is 10.3. The predicted molar refractivity (Wildman–Crippen MR) is 140 cm³/mol. The second-order valence-corrected chi connectivity index (χ2v) is 11.9. The molecule has 1 unspecified atom stereocenters. The molecule has 7 nitrogen and oxygen atoms in total. The molecule has 3 amide bonds. The first kappa shape index (κ1) is 27.4. The highest BCUT2D eigenvalue weighted by atomic mass is 127. The summed E-state index contributed by atoms with van der Waals surface area (Å²) in [7, 11) is 0. The van der Waals surface area contributed by atoms with E-state index in [1.54, 1.807) is 20.8 Å². The third-order valence-corrected chi connectivity index (χ3v) is 7.93. The van der Waals surface area contributed by atoms with Gasteiger partial charge in [-0.3, -0.25) is 14.5 Å². The lowest BCUT2D eigenvalue weighted by Crippen LogP contribution is -2.53. The molecule has 1 saturated carbocycles. The molecule has 1 saturated heterocycles. The van der Waals surface area contributed by atoms with E-state index < -0.39 is 36.1 Å². The van der Waals surface area contributed by atoms with Crippen LogP contribution in [0.5, 0.6) is 0 Å². The van der Waals surface area contributed by atoms with Gasteiger partial charge in [-0.2, -0.15) is 4.90 Å². The fourth-order valence-electron chi connectivity index (χ4n) is 5.06. The lowest BCUT2D eigenvalue weighted by molar-refractivity contribution is -0.145. The molecule has 0 radical (unpaired) electrons. The molecular weight excluding hydrogens is 569 g/mol. The number of carbonyl (C=O) groups is 3. The van der Waals surface area contributed by atoms with Crippen molar-refractivity contribution in [3.05, 3.63) is 32.4 Å². The maximum absolute atomic E-state index is 13.7. The number of halogens is 2. The van der Waals surface area contributed by atoms with Gasteiger partial charge >= 0.3 is 6.09 Å². The summed E-state index contributed by atoms with van der Waals surface area (Å²) in [4.78, 5) is 41.9. The number of benzene rings is 1. The van der Waals surface area contributed by atoms with Crippen LogP contribution in [0.1, 0.15) is 64.9 Å². The maximum atomic E-state index is 13.7. The molecular formula is C25H35ClIN3O4. The van der Waals surface area contributed by atoms with E-state index in [2.05, 4.69) is 27.5 Å². The minimum absolute atomic E-state index is 0.333. The van der Waals surface area contributed by atoms with Crippen molar-refractivity contribution in [3.8, 4) is 0 Å². The van der Waals surface area contributed by atoms with Gasteiger partial charge in [0.15, 0.2) is 0 Å². The van der Waals surface area contributed by atoms with Gasteiger partial charge in [0.2, 0.25) is 0 Å². The van der Waals surface area contributed by atoms with Crippen molar-refractivity contribution < 1.29 is 19.1 Å². The van der Waals surface area contributed by atoms with Gasteiger partial charge in [0.25, 0.3) is 11.8 Å². The first-order chi connectivity index (χ1) is 16.0. The number of rotatable bonds is 5. The lowest BCUT2D eigenvalue weighted by Gasteiger charge is -2.29. The third-order valence-electron chi connectivity index (χ3n) is 6.64. The van der Waals surface area contributed by atoms with Gasteiger partial charge in [0.1, 0.15) is 5.60 Å². The standard InChI is InChI=1S/C25H35ClIN3O4/c1-25(2,3)34-24(33)30(22(31)13-28)23(32)21-12-17(16-7-5-4-6-8-16)14-29(21)15-18-11-19(26)9-10-20(18)27/h9-11,16-17,21H,4-8,12-15,28H2,1-3H3/t17?,21-/m0/s1. The van der Waals surface area contributed by atoms with Crippen LogP contribution >= 0.6 is 34.2 Å². The van der Waals surface area contributed by atoms with Crippen molar-refractivity contribution in [1.82, 2.24) is 9.80 Å². The van der Waals surface area contributed by atoms with E-state index in [-0.39, 0.29) is 0 Å². The number of ether oxygens (including phenoxy) is 1. The number of imide groups is 3. The molecule has 0 bridgehead atoms. The molecule has 1 aromatic carbocycles. The highest BCUT2D eigenvalue weighted by Crippen LogP contribution is 2.39. The summed E-state index contributed by atoms with van der Waals surface area (Å²) < 4.78 is 6.44. The van der Waals surface area contributed by atoms with Crippen LogP contribution in [-0.2, 0) is 20.9 Å². The Morgan fingerprint density at radius 2 is 1.85 bits per heavy atom. The summed E-state index contributed by atoms with van der Waals surface area (Å²) in [6.45, 7) is 5.89. The van der Waals surface area contributed by atoms with Crippen LogP contribution in [0, 0.1) is 15.4 Å². The van der Waals surface area contributed by atoms with Crippen molar-refractivity contribution in [2.24, 2.45) is 17.6 Å². The zero-order valence-electron chi connectivity index (χ0n) is 20.2. The number of hydrogen-bond donors (Lipinski definition) is 1.